The van der Waals surface area contributed by atoms with Gasteiger partial charge in [0.25, 0.3) is 5.91 Å². The lowest BCUT2D eigenvalue weighted by Crippen LogP contribution is -2.34. The molecule has 3 aromatic rings. The Morgan fingerprint density at radius 1 is 1.15 bits per heavy atom. The lowest BCUT2D eigenvalue weighted by atomic mass is 10.2. The van der Waals surface area contributed by atoms with Gasteiger partial charge >= 0.3 is 5.63 Å². The van der Waals surface area contributed by atoms with E-state index in [9.17, 15) is 9.59 Å². The van der Waals surface area contributed by atoms with Crippen molar-refractivity contribution in [3.05, 3.63) is 75.6 Å². The molecule has 0 radical (unpaired) electrons. The molecular weight excluding hydrogens is 354 g/mol. The first-order valence-electron chi connectivity index (χ1n) is 8.24. The van der Waals surface area contributed by atoms with Crippen molar-refractivity contribution >= 4 is 28.5 Å². The Morgan fingerprint density at radius 3 is 2.73 bits per heavy atom. The molecule has 5 nitrogen and oxygen atoms in total. The van der Waals surface area contributed by atoms with Crippen LogP contribution >= 0.6 is 11.6 Å². The van der Waals surface area contributed by atoms with Crippen LogP contribution in [0.2, 0.25) is 5.02 Å². The fourth-order valence-corrected chi connectivity index (χ4v) is 2.81. The highest BCUT2D eigenvalue weighted by Crippen LogP contribution is 2.19. The zero-order valence-electron chi connectivity index (χ0n) is 14.3. The number of halogens is 1. The van der Waals surface area contributed by atoms with Gasteiger partial charge in [0.2, 0.25) is 0 Å². The van der Waals surface area contributed by atoms with Gasteiger partial charge in [-0.2, -0.15) is 0 Å². The maximum absolute atomic E-state index is 12.4. The number of amides is 1. The van der Waals surface area contributed by atoms with Crippen LogP contribution in [0.5, 0.6) is 5.75 Å². The number of carbonyl (C=O) groups is 1. The van der Waals surface area contributed by atoms with Crippen molar-refractivity contribution in [1.29, 1.82) is 0 Å². The van der Waals surface area contributed by atoms with Crippen LogP contribution in [0.1, 0.15) is 12.5 Å². The van der Waals surface area contributed by atoms with Crippen molar-refractivity contribution in [3.8, 4) is 5.75 Å². The molecule has 0 unspecified atom stereocenters. The number of hydrogen-bond donors (Lipinski definition) is 0. The summed E-state index contributed by atoms with van der Waals surface area (Å²) >= 11 is 5.99. The third-order valence-corrected chi connectivity index (χ3v) is 4.19. The number of fused-ring (bicyclic) bond motifs is 1. The molecule has 0 spiro atoms. The molecule has 1 amide bonds. The molecule has 6 heteroatoms. The largest absolute Gasteiger partial charge is 0.484 e. The smallest absolute Gasteiger partial charge is 0.336 e. The van der Waals surface area contributed by atoms with Gasteiger partial charge in [-0.25, -0.2) is 4.79 Å². The Labute approximate surface area is 155 Å². The first-order chi connectivity index (χ1) is 12.5. The molecule has 0 saturated heterocycles. The van der Waals surface area contributed by atoms with Crippen LogP contribution < -0.4 is 10.4 Å². The van der Waals surface area contributed by atoms with Gasteiger partial charge in [-0.15, -0.1) is 0 Å². The predicted molar refractivity (Wildman–Crippen MR) is 101 cm³/mol. The number of benzene rings is 2. The normalized spacial score (nSPS) is 10.7. The summed E-state index contributed by atoms with van der Waals surface area (Å²) in [5, 5.41) is 1.43. The van der Waals surface area contributed by atoms with Crippen LogP contribution in [-0.2, 0) is 11.3 Å². The van der Waals surface area contributed by atoms with Crippen LogP contribution in [0.4, 0.5) is 0 Å². The number of ether oxygens (including phenoxy) is 1. The lowest BCUT2D eigenvalue weighted by molar-refractivity contribution is -0.133. The Hall–Kier alpha value is -2.79. The topological polar surface area (TPSA) is 59.8 Å². The first-order valence-corrected chi connectivity index (χ1v) is 8.62. The van der Waals surface area contributed by atoms with E-state index in [1.807, 2.05) is 25.1 Å². The Balaban J connectivity index is 1.65. The fraction of sp³-hybridized carbons (Fsp3) is 0.200. The van der Waals surface area contributed by atoms with Gasteiger partial charge in [-0.05, 0) is 42.8 Å². The average Bonchev–Trinajstić information content (AvgIpc) is 2.63. The van der Waals surface area contributed by atoms with Crippen molar-refractivity contribution in [2.45, 2.75) is 13.5 Å². The summed E-state index contributed by atoms with van der Waals surface area (Å²) in [5.74, 6) is 0.334. The Morgan fingerprint density at radius 2 is 1.96 bits per heavy atom. The second-order valence-electron chi connectivity index (χ2n) is 5.78. The number of likely N-dealkylation sites (N-methyl/N-ethyl adjacent to an activating group) is 1. The third kappa shape index (κ3) is 4.43. The van der Waals surface area contributed by atoms with Gasteiger partial charge in [0.15, 0.2) is 6.61 Å². The van der Waals surface area contributed by atoms with E-state index in [-0.39, 0.29) is 12.5 Å². The van der Waals surface area contributed by atoms with Crippen molar-refractivity contribution in [3.63, 3.8) is 0 Å². The summed E-state index contributed by atoms with van der Waals surface area (Å²) in [4.78, 5) is 25.4. The predicted octanol–water partition coefficient (Wildman–Crippen LogP) is 3.87. The second-order valence-corrected chi connectivity index (χ2v) is 6.22. The molecular formula is C20H18ClNO4. The molecule has 1 aromatic heterocycles. The number of nitrogens with zero attached hydrogens (tertiary/aromatic N) is 1. The van der Waals surface area contributed by atoms with E-state index in [1.165, 1.54) is 6.07 Å². The first kappa shape index (κ1) is 18.0. The van der Waals surface area contributed by atoms with Crippen molar-refractivity contribution in [2.75, 3.05) is 13.2 Å². The van der Waals surface area contributed by atoms with Crippen molar-refractivity contribution < 1.29 is 13.9 Å². The molecule has 0 atom stereocenters. The molecule has 0 bridgehead atoms. The van der Waals surface area contributed by atoms with E-state index in [0.29, 0.717) is 29.4 Å². The Kier molecular flexibility index (Phi) is 5.58. The lowest BCUT2D eigenvalue weighted by Gasteiger charge is -2.21. The molecule has 0 aliphatic heterocycles. The summed E-state index contributed by atoms with van der Waals surface area (Å²) < 4.78 is 10.7. The molecule has 0 aliphatic carbocycles. The van der Waals surface area contributed by atoms with E-state index < -0.39 is 5.63 Å². The van der Waals surface area contributed by atoms with Gasteiger partial charge in [-0.1, -0.05) is 23.7 Å². The molecule has 0 N–H and O–H groups in total. The summed E-state index contributed by atoms with van der Waals surface area (Å²) in [5.41, 5.74) is 0.957. The molecule has 134 valence electrons. The van der Waals surface area contributed by atoms with E-state index in [4.69, 9.17) is 20.8 Å². The highest BCUT2D eigenvalue weighted by molar-refractivity contribution is 6.30. The zero-order valence-corrected chi connectivity index (χ0v) is 15.0. The zero-order chi connectivity index (χ0) is 18.5. The van der Waals surface area contributed by atoms with Gasteiger partial charge < -0.3 is 14.1 Å². The summed E-state index contributed by atoms with van der Waals surface area (Å²) in [7, 11) is 0. The van der Waals surface area contributed by atoms with E-state index in [0.717, 1.165) is 10.9 Å². The van der Waals surface area contributed by atoms with E-state index >= 15 is 0 Å². The second kappa shape index (κ2) is 8.06. The highest BCUT2D eigenvalue weighted by atomic mass is 35.5. The third-order valence-electron chi connectivity index (χ3n) is 3.95. The highest BCUT2D eigenvalue weighted by Gasteiger charge is 2.13. The molecule has 2 aromatic carbocycles. The van der Waals surface area contributed by atoms with Crippen LogP contribution in [0.3, 0.4) is 0 Å². The average molecular weight is 372 g/mol. The van der Waals surface area contributed by atoms with Gasteiger partial charge in [-0.3, -0.25) is 4.79 Å². The van der Waals surface area contributed by atoms with Crippen LogP contribution in [0.25, 0.3) is 11.0 Å². The van der Waals surface area contributed by atoms with E-state index in [2.05, 4.69) is 0 Å². The summed E-state index contributed by atoms with van der Waals surface area (Å²) in [6, 6.07) is 15.6. The maximum Gasteiger partial charge on any atom is 0.336 e. The molecule has 3 rings (SSSR count). The molecule has 1 heterocycles. The van der Waals surface area contributed by atoms with Crippen LogP contribution in [0, 0.1) is 0 Å². The minimum atomic E-state index is -0.426. The molecule has 0 aliphatic rings. The van der Waals surface area contributed by atoms with Crippen molar-refractivity contribution in [2.24, 2.45) is 0 Å². The summed E-state index contributed by atoms with van der Waals surface area (Å²) in [6.07, 6.45) is 0. The number of rotatable bonds is 6. The number of hydrogen-bond acceptors (Lipinski definition) is 4. The van der Waals surface area contributed by atoms with Gasteiger partial charge in [0.1, 0.15) is 11.3 Å². The summed E-state index contributed by atoms with van der Waals surface area (Å²) in [6.45, 7) is 2.83. The molecule has 26 heavy (non-hydrogen) atoms. The quantitative estimate of drug-likeness (QED) is 0.617. The SMILES string of the molecule is CCN(Cc1cccc(Cl)c1)C(=O)COc1ccc2ccc(=O)oc2c1. The minimum absolute atomic E-state index is 0.100. The standard InChI is InChI=1S/C20H18ClNO4/c1-2-22(12-14-4-3-5-16(21)10-14)19(23)13-25-17-8-6-15-7-9-20(24)26-18(15)11-17/h3-11H,2,12-13H2,1H3. The van der Waals surface area contributed by atoms with Crippen LogP contribution in [0.15, 0.2) is 63.8 Å². The Bertz CT molecular complexity index is 983. The minimum Gasteiger partial charge on any atom is -0.484 e. The van der Waals surface area contributed by atoms with Gasteiger partial charge in [0, 0.05) is 35.6 Å². The van der Waals surface area contributed by atoms with E-state index in [1.54, 1.807) is 35.2 Å². The van der Waals surface area contributed by atoms with Gasteiger partial charge in [0.05, 0.1) is 0 Å². The fourth-order valence-electron chi connectivity index (χ4n) is 2.60. The molecule has 0 saturated carbocycles. The van der Waals surface area contributed by atoms with Crippen molar-refractivity contribution in [1.82, 2.24) is 4.90 Å². The molecule has 0 fully saturated rings. The monoisotopic (exact) mass is 371 g/mol. The number of carbonyl (C=O) groups excluding carboxylic acids is 1. The maximum atomic E-state index is 12.4. The van der Waals surface area contributed by atoms with Crippen LogP contribution in [-0.4, -0.2) is 24.0 Å².